The van der Waals surface area contributed by atoms with Gasteiger partial charge < -0.3 is 9.47 Å². The normalized spacial score (nSPS) is 13.9. The molecule has 5 aromatic heterocycles. The lowest BCUT2D eigenvalue weighted by Crippen LogP contribution is -2.20. The summed E-state index contributed by atoms with van der Waals surface area (Å²) in [4.78, 5) is 7.67. The van der Waals surface area contributed by atoms with Gasteiger partial charge in [-0.25, -0.2) is 22.5 Å². The third kappa shape index (κ3) is 9.83. The second-order valence-electron chi connectivity index (χ2n) is 11.3. The molecule has 7 rings (SSSR count). The number of hydrogen-bond acceptors (Lipinski definition) is 9. The summed E-state index contributed by atoms with van der Waals surface area (Å²) < 4.78 is 138. The molecule has 11 nitrogen and oxygen atoms in total. The van der Waals surface area contributed by atoms with Crippen LogP contribution in [0.25, 0.3) is 33.8 Å². The molecule has 53 heavy (non-hydrogen) atoms. The highest BCUT2D eigenvalue weighted by atomic mass is 19.4. The Labute approximate surface area is 292 Å². The summed E-state index contributed by atoms with van der Waals surface area (Å²) in [7, 11) is 0. The highest BCUT2D eigenvalue weighted by molar-refractivity contribution is 5.61. The first-order valence-corrected chi connectivity index (χ1v) is 15.6. The number of halogens is 10. The van der Waals surface area contributed by atoms with Gasteiger partial charge in [0.15, 0.2) is 35.2 Å². The predicted octanol–water partition coefficient (Wildman–Crippen LogP) is 8.14. The van der Waals surface area contributed by atoms with Gasteiger partial charge in [-0.05, 0) is 62.2 Å². The SMILES string of the molecule is CC.CC(F)(F)Cc1nnc2cnc(-c3ccc(OC(F)(F)F)cc3)cn12.Fc1cc(-c2ccc3nnc(C4(F)CC4)n3n2)cnc1OCC(F)(F)F. The topological polar surface area (TPSA) is 118 Å². The van der Waals surface area contributed by atoms with Gasteiger partial charge in [0.1, 0.15) is 11.6 Å². The van der Waals surface area contributed by atoms with Crippen LogP contribution in [0.1, 0.15) is 45.3 Å². The molecule has 282 valence electrons. The Morgan fingerprint density at radius 1 is 0.792 bits per heavy atom. The lowest BCUT2D eigenvalue weighted by molar-refractivity contribution is -0.274. The fourth-order valence-electron chi connectivity index (χ4n) is 4.60. The van der Waals surface area contributed by atoms with Crippen LogP contribution in [-0.2, 0) is 12.1 Å². The predicted molar refractivity (Wildman–Crippen MR) is 166 cm³/mol. The molecule has 0 aliphatic heterocycles. The zero-order valence-corrected chi connectivity index (χ0v) is 27.7. The maximum atomic E-state index is 14.3. The molecule has 0 unspecified atom stereocenters. The minimum Gasteiger partial charge on any atom is -0.466 e. The quantitative estimate of drug-likeness (QED) is 0.142. The molecule has 0 N–H and O–H groups in total. The van der Waals surface area contributed by atoms with Crippen molar-refractivity contribution in [1.82, 2.24) is 44.4 Å². The first kappa shape index (κ1) is 38.6. The second-order valence-corrected chi connectivity index (χ2v) is 11.3. The van der Waals surface area contributed by atoms with Gasteiger partial charge in [-0.3, -0.25) is 9.38 Å². The van der Waals surface area contributed by atoms with Gasteiger partial charge in [0.2, 0.25) is 0 Å². The first-order valence-electron chi connectivity index (χ1n) is 15.6. The fraction of sp³-hybridized carbons (Fsp3) is 0.344. The van der Waals surface area contributed by atoms with Crippen molar-refractivity contribution >= 4 is 11.3 Å². The Kier molecular flexibility index (Phi) is 10.8. The number of fused-ring (bicyclic) bond motifs is 2. The molecule has 0 amide bonds. The minimum atomic E-state index is -4.78. The number of ether oxygens (including phenoxy) is 2. The Morgan fingerprint density at radius 3 is 2.08 bits per heavy atom. The van der Waals surface area contributed by atoms with Crippen molar-refractivity contribution in [2.24, 2.45) is 0 Å². The third-order valence-electron chi connectivity index (χ3n) is 7.04. The average molecular weight is 760 g/mol. The van der Waals surface area contributed by atoms with Crippen LogP contribution in [0.2, 0.25) is 0 Å². The molecule has 1 aliphatic carbocycles. The van der Waals surface area contributed by atoms with Crippen molar-refractivity contribution in [3.05, 3.63) is 78.5 Å². The summed E-state index contributed by atoms with van der Waals surface area (Å²) in [6, 6.07) is 9.01. The van der Waals surface area contributed by atoms with E-state index in [2.05, 4.69) is 44.9 Å². The summed E-state index contributed by atoms with van der Waals surface area (Å²) in [5.41, 5.74) is 0.324. The van der Waals surface area contributed by atoms with E-state index in [4.69, 9.17) is 0 Å². The fourth-order valence-corrected chi connectivity index (χ4v) is 4.60. The van der Waals surface area contributed by atoms with E-state index < -0.39 is 48.9 Å². The molecule has 1 aliphatic rings. The van der Waals surface area contributed by atoms with Crippen molar-refractivity contribution in [3.63, 3.8) is 0 Å². The van der Waals surface area contributed by atoms with Gasteiger partial charge >= 0.3 is 12.5 Å². The maximum Gasteiger partial charge on any atom is 0.573 e. The summed E-state index contributed by atoms with van der Waals surface area (Å²) >= 11 is 0. The summed E-state index contributed by atoms with van der Waals surface area (Å²) in [6.07, 6.45) is -5.42. The van der Waals surface area contributed by atoms with Crippen LogP contribution in [0.5, 0.6) is 11.6 Å². The van der Waals surface area contributed by atoms with Gasteiger partial charge in [-0.15, -0.1) is 33.6 Å². The molecule has 0 atom stereocenters. The summed E-state index contributed by atoms with van der Waals surface area (Å²) in [5.74, 6) is -5.04. The van der Waals surface area contributed by atoms with Crippen LogP contribution in [0.3, 0.4) is 0 Å². The van der Waals surface area contributed by atoms with Gasteiger partial charge in [0, 0.05) is 23.5 Å². The Balaban J connectivity index is 0.000000196. The van der Waals surface area contributed by atoms with Crippen molar-refractivity contribution in [3.8, 4) is 34.1 Å². The number of aromatic nitrogens is 9. The molecule has 0 bridgehead atoms. The monoisotopic (exact) mass is 759 g/mol. The van der Waals surface area contributed by atoms with Crippen molar-refractivity contribution < 1.29 is 53.4 Å². The van der Waals surface area contributed by atoms with E-state index in [0.29, 0.717) is 35.4 Å². The van der Waals surface area contributed by atoms with Crippen molar-refractivity contribution in [2.45, 2.75) is 64.2 Å². The lowest BCUT2D eigenvalue weighted by Gasteiger charge is -2.10. The standard InChI is InChI=1S/C15H10F5N5O.C15H11F5N4O.C2H6/c16-9-5-8(6-21-12(9)26-7-15(18,19)20)10-1-2-11-22-23-13(25(11)24-10)14(17)3-4-14;1-14(16,17)6-12-22-23-13-7-21-11(8-24(12)13)9-2-4-10(5-3-9)25-15(18,19)20;1-2/h1-2,5-6H,3-4,7H2;2-5,7-8H,6H2,1H3;1-2H3. The van der Waals surface area contributed by atoms with Crippen LogP contribution in [0.4, 0.5) is 43.9 Å². The minimum absolute atomic E-state index is 0.0585. The molecule has 1 aromatic carbocycles. The largest absolute Gasteiger partial charge is 0.573 e. The molecule has 5 heterocycles. The summed E-state index contributed by atoms with van der Waals surface area (Å²) in [6.45, 7) is 3.12. The second kappa shape index (κ2) is 14.8. The Hall–Kier alpha value is -5.63. The van der Waals surface area contributed by atoms with E-state index in [9.17, 15) is 43.9 Å². The maximum absolute atomic E-state index is 14.3. The van der Waals surface area contributed by atoms with E-state index >= 15 is 0 Å². The summed E-state index contributed by atoms with van der Waals surface area (Å²) in [5, 5.41) is 19.3. The molecular formula is C32H27F10N9O2. The van der Waals surface area contributed by atoms with Crippen LogP contribution >= 0.6 is 0 Å². The lowest BCUT2D eigenvalue weighted by atomic mass is 10.1. The van der Waals surface area contributed by atoms with E-state index in [-0.39, 0.29) is 28.7 Å². The number of benzene rings is 1. The number of nitrogens with zero attached hydrogens (tertiary/aromatic N) is 9. The smallest absolute Gasteiger partial charge is 0.466 e. The molecule has 0 saturated heterocycles. The molecule has 1 saturated carbocycles. The zero-order valence-electron chi connectivity index (χ0n) is 27.7. The van der Waals surface area contributed by atoms with E-state index in [1.54, 1.807) is 0 Å². The van der Waals surface area contributed by atoms with E-state index in [0.717, 1.165) is 31.3 Å². The number of pyridine rings is 1. The van der Waals surface area contributed by atoms with Gasteiger partial charge in [-0.1, -0.05) is 13.8 Å². The van der Waals surface area contributed by atoms with Crippen molar-refractivity contribution in [2.75, 3.05) is 6.61 Å². The van der Waals surface area contributed by atoms with Crippen LogP contribution in [0, 0.1) is 5.82 Å². The molecule has 1 fully saturated rings. The highest BCUT2D eigenvalue weighted by Crippen LogP contribution is 2.48. The Bertz CT molecular complexity index is 2180. The number of rotatable bonds is 8. The van der Waals surface area contributed by atoms with Gasteiger partial charge in [0.05, 0.1) is 24.0 Å². The van der Waals surface area contributed by atoms with Crippen molar-refractivity contribution in [1.29, 1.82) is 0 Å². The third-order valence-corrected chi connectivity index (χ3v) is 7.04. The number of hydrogen-bond donors (Lipinski definition) is 0. The zero-order chi connectivity index (χ0) is 38.8. The molecule has 0 spiro atoms. The van der Waals surface area contributed by atoms with Crippen LogP contribution in [-0.4, -0.2) is 69.4 Å². The van der Waals surface area contributed by atoms with Crippen LogP contribution < -0.4 is 9.47 Å². The van der Waals surface area contributed by atoms with Gasteiger partial charge in [0.25, 0.3) is 11.8 Å². The molecule has 6 aromatic rings. The Morgan fingerprint density at radius 2 is 1.47 bits per heavy atom. The van der Waals surface area contributed by atoms with Crippen LogP contribution in [0.15, 0.2) is 61.1 Å². The van der Waals surface area contributed by atoms with Gasteiger partial charge in [-0.2, -0.15) is 22.8 Å². The average Bonchev–Trinajstić information content (AvgIpc) is 3.49. The van der Waals surface area contributed by atoms with E-state index in [1.807, 2.05) is 13.8 Å². The highest BCUT2D eigenvalue weighted by Gasteiger charge is 2.49. The molecule has 21 heteroatoms. The molecular weight excluding hydrogens is 732 g/mol. The number of alkyl halides is 9. The first-order chi connectivity index (χ1) is 24.9. The molecule has 0 radical (unpaired) electrons. The van der Waals surface area contributed by atoms with E-state index in [1.165, 1.54) is 45.6 Å².